The number of furan rings is 1. The lowest BCUT2D eigenvalue weighted by atomic mass is 10.1. The van der Waals surface area contributed by atoms with Gasteiger partial charge < -0.3 is 9.40 Å². The Morgan fingerprint density at radius 1 is 1.22 bits per heavy atom. The molecular formula is C17H11FN2O2S. The minimum absolute atomic E-state index is 0.242. The van der Waals surface area contributed by atoms with Crippen LogP contribution in [0.15, 0.2) is 57.3 Å². The Kier molecular flexibility index (Phi) is 3.31. The van der Waals surface area contributed by atoms with Crippen molar-refractivity contribution >= 4 is 21.6 Å². The van der Waals surface area contributed by atoms with E-state index in [9.17, 15) is 9.18 Å². The highest BCUT2D eigenvalue weighted by Gasteiger charge is 2.15. The van der Waals surface area contributed by atoms with Crippen LogP contribution in [-0.4, -0.2) is 9.97 Å². The summed E-state index contributed by atoms with van der Waals surface area (Å²) in [5.41, 5.74) is 0.980. The van der Waals surface area contributed by atoms with E-state index in [1.54, 1.807) is 36.6 Å². The molecule has 23 heavy (non-hydrogen) atoms. The van der Waals surface area contributed by atoms with Crippen LogP contribution in [0.1, 0.15) is 11.4 Å². The van der Waals surface area contributed by atoms with E-state index in [-0.39, 0.29) is 17.8 Å². The number of rotatable bonds is 3. The number of thiophene rings is 1. The van der Waals surface area contributed by atoms with Crippen molar-refractivity contribution in [1.29, 1.82) is 0 Å². The van der Waals surface area contributed by atoms with Gasteiger partial charge in [-0.1, -0.05) is 18.2 Å². The van der Waals surface area contributed by atoms with E-state index < -0.39 is 0 Å². The van der Waals surface area contributed by atoms with Crippen LogP contribution in [0, 0.1) is 5.82 Å². The zero-order valence-electron chi connectivity index (χ0n) is 11.9. The molecule has 0 atom stereocenters. The predicted octanol–water partition coefficient (Wildman–Crippen LogP) is 3.97. The molecule has 0 aliphatic rings. The maximum atomic E-state index is 13.8. The quantitative estimate of drug-likeness (QED) is 0.619. The number of halogens is 1. The smallest absolute Gasteiger partial charge is 0.260 e. The molecule has 0 aliphatic heterocycles. The van der Waals surface area contributed by atoms with Crippen molar-refractivity contribution in [3.8, 4) is 11.3 Å². The number of aromatic nitrogens is 2. The maximum Gasteiger partial charge on any atom is 0.260 e. The molecule has 1 aromatic carbocycles. The lowest BCUT2D eigenvalue weighted by Gasteiger charge is -2.03. The summed E-state index contributed by atoms with van der Waals surface area (Å²) in [6, 6.07) is 10.0. The first-order valence-corrected chi connectivity index (χ1v) is 7.88. The highest BCUT2D eigenvalue weighted by atomic mass is 32.1. The zero-order chi connectivity index (χ0) is 15.8. The van der Waals surface area contributed by atoms with Crippen LogP contribution in [0.25, 0.3) is 21.5 Å². The van der Waals surface area contributed by atoms with Gasteiger partial charge in [-0.2, -0.15) is 0 Å². The fourth-order valence-electron chi connectivity index (χ4n) is 2.51. The molecule has 3 heterocycles. The number of benzene rings is 1. The summed E-state index contributed by atoms with van der Waals surface area (Å²) in [7, 11) is 0. The highest BCUT2D eigenvalue weighted by molar-refractivity contribution is 7.17. The van der Waals surface area contributed by atoms with Crippen LogP contribution in [0.4, 0.5) is 4.39 Å². The summed E-state index contributed by atoms with van der Waals surface area (Å²) in [6.07, 6.45) is 1.80. The van der Waals surface area contributed by atoms with Crippen molar-refractivity contribution in [3.63, 3.8) is 0 Å². The van der Waals surface area contributed by atoms with Crippen molar-refractivity contribution in [2.45, 2.75) is 6.42 Å². The van der Waals surface area contributed by atoms with Gasteiger partial charge in [0.1, 0.15) is 22.2 Å². The monoisotopic (exact) mass is 326 g/mol. The van der Waals surface area contributed by atoms with E-state index >= 15 is 0 Å². The number of aromatic amines is 1. The van der Waals surface area contributed by atoms with Crippen LogP contribution >= 0.6 is 11.3 Å². The van der Waals surface area contributed by atoms with Gasteiger partial charge in [0, 0.05) is 17.4 Å². The Labute approximate surface area is 134 Å². The topological polar surface area (TPSA) is 58.9 Å². The Morgan fingerprint density at radius 3 is 2.87 bits per heavy atom. The van der Waals surface area contributed by atoms with Gasteiger partial charge >= 0.3 is 0 Å². The Morgan fingerprint density at radius 2 is 2.09 bits per heavy atom. The van der Waals surface area contributed by atoms with E-state index in [0.29, 0.717) is 27.4 Å². The SMILES string of the molecule is O=c1[nH]c(Cc2ccccc2F)nc2scc(-c3ccco3)c12. The lowest BCUT2D eigenvalue weighted by Crippen LogP contribution is -2.12. The molecule has 0 fully saturated rings. The molecule has 4 rings (SSSR count). The average molecular weight is 326 g/mol. The molecule has 3 aromatic heterocycles. The number of hydrogen-bond acceptors (Lipinski definition) is 4. The predicted molar refractivity (Wildman–Crippen MR) is 87.1 cm³/mol. The van der Waals surface area contributed by atoms with Crippen molar-refractivity contribution < 1.29 is 8.81 Å². The van der Waals surface area contributed by atoms with Gasteiger partial charge in [0.25, 0.3) is 5.56 Å². The second kappa shape index (κ2) is 5.48. The molecule has 4 aromatic rings. The van der Waals surface area contributed by atoms with E-state index in [0.717, 1.165) is 5.56 Å². The maximum absolute atomic E-state index is 13.8. The standard InChI is InChI=1S/C17H11FN2O2S/c18-12-5-2-1-4-10(12)8-14-19-16(21)15-11(9-23-17(15)20-14)13-6-3-7-22-13/h1-7,9H,8H2,(H,19,20,21). The summed E-state index contributed by atoms with van der Waals surface area (Å²) in [4.78, 5) is 20.2. The first-order valence-electron chi connectivity index (χ1n) is 7.00. The van der Waals surface area contributed by atoms with Crippen molar-refractivity contribution in [2.24, 2.45) is 0 Å². The second-order valence-electron chi connectivity index (χ2n) is 5.09. The number of fused-ring (bicyclic) bond motifs is 1. The first kappa shape index (κ1) is 13.9. The van der Waals surface area contributed by atoms with Gasteiger partial charge in [0.05, 0.1) is 11.6 Å². The number of nitrogens with one attached hydrogen (secondary N) is 1. The molecule has 114 valence electrons. The summed E-state index contributed by atoms with van der Waals surface area (Å²) in [5, 5.41) is 2.35. The largest absolute Gasteiger partial charge is 0.464 e. The molecule has 6 heteroatoms. The van der Waals surface area contributed by atoms with Crippen LogP contribution in [-0.2, 0) is 6.42 Å². The molecule has 0 radical (unpaired) electrons. The third-order valence-corrected chi connectivity index (χ3v) is 4.47. The number of H-pyrrole nitrogens is 1. The summed E-state index contributed by atoms with van der Waals surface area (Å²) in [5.74, 6) is 0.767. The average Bonchev–Trinajstić information content (AvgIpc) is 3.18. The molecule has 0 aliphatic carbocycles. The third kappa shape index (κ3) is 2.47. The van der Waals surface area contributed by atoms with Crippen LogP contribution in [0.5, 0.6) is 0 Å². The summed E-state index contributed by atoms with van der Waals surface area (Å²) < 4.78 is 19.1. The minimum Gasteiger partial charge on any atom is -0.464 e. The van der Waals surface area contributed by atoms with Crippen LogP contribution in [0.3, 0.4) is 0 Å². The Hall–Kier alpha value is -2.73. The highest BCUT2D eigenvalue weighted by Crippen LogP contribution is 2.31. The van der Waals surface area contributed by atoms with Gasteiger partial charge in [-0.15, -0.1) is 11.3 Å². The molecule has 1 N–H and O–H groups in total. The second-order valence-corrected chi connectivity index (χ2v) is 5.95. The Bertz CT molecular complexity index is 1030. The zero-order valence-corrected chi connectivity index (χ0v) is 12.7. The fraction of sp³-hybridized carbons (Fsp3) is 0.0588. The van der Waals surface area contributed by atoms with E-state index in [2.05, 4.69) is 9.97 Å². The van der Waals surface area contributed by atoms with Crippen molar-refractivity contribution in [1.82, 2.24) is 9.97 Å². The van der Waals surface area contributed by atoms with Gasteiger partial charge in [0.2, 0.25) is 0 Å². The van der Waals surface area contributed by atoms with Crippen LogP contribution < -0.4 is 5.56 Å². The number of nitrogens with zero attached hydrogens (tertiary/aromatic N) is 1. The minimum atomic E-state index is -0.308. The molecule has 0 bridgehead atoms. The lowest BCUT2D eigenvalue weighted by molar-refractivity contribution is 0.583. The van der Waals surface area contributed by atoms with Gasteiger partial charge in [-0.05, 0) is 23.8 Å². The summed E-state index contributed by atoms with van der Waals surface area (Å²) >= 11 is 1.37. The van der Waals surface area contributed by atoms with Crippen molar-refractivity contribution in [2.75, 3.05) is 0 Å². The van der Waals surface area contributed by atoms with Crippen molar-refractivity contribution in [3.05, 3.63) is 75.6 Å². The first-order chi connectivity index (χ1) is 11.2. The molecular weight excluding hydrogens is 315 g/mol. The van der Waals surface area contributed by atoms with Gasteiger partial charge in [0.15, 0.2) is 0 Å². The fourth-order valence-corrected chi connectivity index (χ4v) is 3.46. The normalized spacial score (nSPS) is 11.2. The molecule has 0 spiro atoms. The molecule has 0 saturated heterocycles. The van der Waals surface area contributed by atoms with E-state index in [1.807, 2.05) is 5.38 Å². The molecule has 0 amide bonds. The van der Waals surface area contributed by atoms with Gasteiger partial charge in [-0.25, -0.2) is 9.37 Å². The van der Waals surface area contributed by atoms with Gasteiger partial charge in [-0.3, -0.25) is 4.79 Å². The Balaban J connectivity index is 1.80. The molecule has 4 nitrogen and oxygen atoms in total. The van der Waals surface area contributed by atoms with E-state index in [4.69, 9.17) is 4.42 Å². The number of hydrogen-bond donors (Lipinski definition) is 1. The third-order valence-electron chi connectivity index (χ3n) is 3.60. The molecule has 0 unspecified atom stereocenters. The summed E-state index contributed by atoms with van der Waals surface area (Å²) in [6.45, 7) is 0. The molecule has 0 saturated carbocycles. The van der Waals surface area contributed by atoms with Crippen LogP contribution in [0.2, 0.25) is 0 Å². The van der Waals surface area contributed by atoms with E-state index in [1.165, 1.54) is 17.4 Å².